The quantitative estimate of drug-likeness (QED) is 0.753. The maximum atomic E-state index is 5.48. The first-order valence-electron chi connectivity index (χ1n) is 9.28. The Hall–Kier alpha value is -2.16. The van der Waals surface area contributed by atoms with Gasteiger partial charge in [-0.25, -0.2) is 0 Å². The van der Waals surface area contributed by atoms with Crippen LogP contribution < -0.4 is 14.4 Å². The van der Waals surface area contributed by atoms with E-state index in [1.807, 2.05) is 0 Å². The number of anilines is 1. The van der Waals surface area contributed by atoms with E-state index in [9.17, 15) is 0 Å². The molecule has 3 heteroatoms. The summed E-state index contributed by atoms with van der Waals surface area (Å²) in [6.07, 6.45) is 3.39. The number of methoxy groups -OCH3 is 2. The highest BCUT2D eigenvalue weighted by molar-refractivity contribution is 5.59. The van der Waals surface area contributed by atoms with E-state index in [1.165, 1.54) is 28.8 Å². The first kappa shape index (κ1) is 17.7. The van der Waals surface area contributed by atoms with Crippen molar-refractivity contribution in [3.05, 3.63) is 53.1 Å². The number of aryl methyl sites for hydroxylation is 1. The van der Waals surface area contributed by atoms with Crippen LogP contribution in [0.25, 0.3) is 0 Å². The second kappa shape index (κ2) is 7.81. The Balaban J connectivity index is 1.93. The predicted octanol–water partition coefficient (Wildman–Crippen LogP) is 4.82. The van der Waals surface area contributed by atoms with E-state index in [0.717, 1.165) is 37.4 Å². The SMILES string of the molecule is CCN(CC)c1cc(OC)ccc1C1CCc2cc(OC)ccc2C1. The molecule has 0 radical (unpaired) electrons. The van der Waals surface area contributed by atoms with Crippen LogP contribution in [-0.4, -0.2) is 27.3 Å². The Kier molecular flexibility index (Phi) is 5.52. The molecule has 1 aliphatic carbocycles. The van der Waals surface area contributed by atoms with Gasteiger partial charge in [-0.05, 0) is 73.9 Å². The van der Waals surface area contributed by atoms with E-state index in [2.05, 4.69) is 55.1 Å². The van der Waals surface area contributed by atoms with Crippen LogP contribution in [0.3, 0.4) is 0 Å². The molecule has 0 saturated heterocycles. The molecular weight excluding hydrogens is 310 g/mol. The number of fused-ring (bicyclic) bond motifs is 1. The van der Waals surface area contributed by atoms with E-state index in [-0.39, 0.29) is 0 Å². The van der Waals surface area contributed by atoms with Crippen molar-refractivity contribution in [3.63, 3.8) is 0 Å². The van der Waals surface area contributed by atoms with Crippen LogP contribution in [0.15, 0.2) is 36.4 Å². The third-order valence-electron chi connectivity index (χ3n) is 5.42. The summed E-state index contributed by atoms with van der Waals surface area (Å²) in [5.41, 5.74) is 5.67. The molecule has 1 unspecified atom stereocenters. The summed E-state index contributed by atoms with van der Waals surface area (Å²) in [5.74, 6) is 2.46. The lowest BCUT2D eigenvalue weighted by atomic mass is 9.79. The zero-order chi connectivity index (χ0) is 17.8. The minimum atomic E-state index is 0.558. The van der Waals surface area contributed by atoms with Crippen LogP contribution in [-0.2, 0) is 12.8 Å². The number of benzene rings is 2. The highest BCUT2D eigenvalue weighted by Crippen LogP contribution is 2.39. The van der Waals surface area contributed by atoms with Gasteiger partial charge in [0.1, 0.15) is 11.5 Å². The second-order valence-electron chi connectivity index (χ2n) is 6.67. The summed E-state index contributed by atoms with van der Waals surface area (Å²) in [5, 5.41) is 0. The molecule has 0 bridgehead atoms. The molecule has 0 aromatic heterocycles. The van der Waals surface area contributed by atoms with Crippen molar-refractivity contribution in [2.24, 2.45) is 0 Å². The van der Waals surface area contributed by atoms with Gasteiger partial charge in [-0.1, -0.05) is 12.1 Å². The van der Waals surface area contributed by atoms with Gasteiger partial charge in [0.2, 0.25) is 0 Å². The van der Waals surface area contributed by atoms with Gasteiger partial charge in [-0.2, -0.15) is 0 Å². The summed E-state index contributed by atoms with van der Waals surface area (Å²) >= 11 is 0. The maximum Gasteiger partial charge on any atom is 0.120 e. The average molecular weight is 339 g/mol. The van der Waals surface area contributed by atoms with Crippen LogP contribution in [0.5, 0.6) is 11.5 Å². The Labute approximate surface area is 151 Å². The Morgan fingerprint density at radius 1 is 0.920 bits per heavy atom. The van der Waals surface area contributed by atoms with Crippen molar-refractivity contribution in [2.45, 2.75) is 39.0 Å². The molecule has 25 heavy (non-hydrogen) atoms. The Bertz CT molecular complexity index is 722. The van der Waals surface area contributed by atoms with Crippen LogP contribution in [0.2, 0.25) is 0 Å². The Morgan fingerprint density at radius 3 is 2.28 bits per heavy atom. The minimum absolute atomic E-state index is 0.558. The first-order chi connectivity index (χ1) is 12.2. The second-order valence-corrected chi connectivity index (χ2v) is 6.67. The van der Waals surface area contributed by atoms with Crippen LogP contribution in [0.4, 0.5) is 5.69 Å². The fourth-order valence-corrected chi connectivity index (χ4v) is 3.96. The molecule has 134 valence electrons. The van der Waals surface area contributed by atoms with Crippen molar-refractivity contribution in [2.75, 3.05) is 32.2 Å². The molecule has 2 aromatic rings. The number of ether oxygens (including phenoxy) is 2. The van der Waals surface area contributed by atoms with Crippen molar-refractivity contribution in [1.82, 2.24) is 0 Å². The largest absolute Gasteiger partial charge is 0.497 e. The molecule has 3 rings (SSSR count). The third kappa shape index (κ3) is 3.60. The highest BCUT2D eigenvalue weighted by atomic mass is 16.5. The molecule has 1 aliphatic rings. The smallest absolute Gasteiger partial charge is 0.120 e. The molecule has 2 aromatic carbocycles. The highest BCUT2D eigenvalue weighted by Gasteiger charge is 2.24. The van der Waals surface area contributed by atoms with Gasteiger partial charge in [0.05, 0.1) is 14.2 Å². The van der Waals surface area contributed by atoms with Gasteiger partial charge < -0.3 is 14.4 Å². The van der Waals surface area contributed by atoms with Gasteiger partial charge in [0.25, 0.3) is 0 Å². The standard InChI is InChI=1S/C22H29NO2/c1-5-23(6-2)22-15-20(25-4)11-12-21(22)18-8-7-17-14-19(24-3)10-9-16(17)13-18/h9-12,14-15,18H,5-8,13H2,1-4H3. The lowest BCUT2D eigenvalue weighted by Gasteiger charge is -2.31. The van der Waals surface area contributed by atoms with Gasteiger partial charge in [0, 0.05) is 24.8 Å². The lowest BCUT2D eigenvalue weighted by molar-refractivity contribution is 0.413. The number of nitrogens with zero attached hydrogens (tertiary/aromatic N) is 1. The molecule has 1 atom stereocenters. The van der Waals surface area contributed by atoms with Crippen LogP contribution in [0.1, 0.15) is 42.9 Å². The van der Waals surface area contributed by atoms with E-state index in [1.54, 1.807) is 14.2 Å². The topological polar surface area (TPSA) is 21.7 Å². The molecule has 0 heterocycles. The van der Waals surface area contributed by atoms with Crippen molar-refractivity contribution in [1.29, 1.82) is 0 Å². The molecule has 0 N–H and O–H groups in total. The monoisotopic (exact) mass is 339 g/mol. The molecular formula is C22H29NO2. The predicted molar refractivity (Wildman–Crippen MR) is 104 cm³/mol. The van der Waals surface area contributed by atoms with Crippen molar-refractivity contribution in [3.8, 4) is 11.5 Å². The third-order valence-corrected chi connectivity index (χ3v) is 5.42. The molecule has 0 fully saturated rings. The lowest BCUT2D eigenvalue weighted by Crippen LogP contribution is -2.25. The van der Waals surface area contributed by atoms with E-state index >= 15 is 0 Å². The van der Waals surface area contributed by atoms with E-state index < -0.39 is 0 Å². The minimum Gasteiger partial charge on any atom is -0.497 e. The molecule has 0 spiro atoms. The van der Waals surface area contributed by atoms with E-state index in [4.69, 9.17) is 9.47 Å². The first-order valence-corrected chi connectivity index (χ1v) is 9.28. The fraction of sp³-hybridized carbons (Fsp3) is 0.455. The van der Waals surface area contributed by atoms with E-state index in [0.29, 0.717) is 5.92 Å². The average Bonchev–Trinajstić information content (AvgIpc) is 2.68. The van der Waals surface area contributed by atoms with Gasteiger partial charge in [-0.15, -0.1) is 0 Å². The van der Waals surface area contributed by atoms with Crippen LogP contribution in [0, 0.1) is 0 Å². The number of hydrogen-bond donors (Lipinski definition) is 0. The van der Waals surface area contributed by atoms with Gasteiger partial charge in [0.15, 0.2) is 0 Å². The van der Waals surface area contributed by atoms with Gasteiger partial charge in [-0.3, -0.25) is 0 Å². The summed E-state index contributed by atoms with van der Waals surface area (Å²) in [6, 6.07) is 13.1. The maximum absolute atomic E-state index is 5.48. The molecule has 0 saturated carbocycles. The fourth-order valence-electron chi connectivity index (χ4n) is 3.96. The van der Waals surface area contributed by atoms with Crippen LogP contribution >= 0.6 is 0 Å². The number of rotatable bonds is 6. The number of hydrogen-bond acceptors (Lipinski definition) is 3. The summed E-state index contributed by atoms with van der Waals surface area (Å²) in [4.78, 5) is 2.43. The van der Waals surface area contributed by atoms with Crippen molar-refractivity contribution >= 4 is 5.69 Å². The summed E-state index contributed by atoms with van der Waals surface area (Å²) < 4.78 is 10.9. The zero-order valence-electron chi connectivity index (χ0n) is 15.8. The molecule has 0 amide bonds. The van der Waals surface area contributed by atoms with Gasteiger partial charge >= 0.3 is 0 Å². The molecule has 3 nitrogen and oxygen atoms in total. The van der Waals surface area contributed by atoms with Crippen molar-refractivity contribution < 1.29 is 9.47 Å². The summed E-state index contributed by atoms with van der Waals surface area (Å²) in [6.45, 7) is 6.46. The molecule has 0 aliphatic heterocycles. The normalized spacial score (nSPS) is 16.2. The summed E-state index contributed by atoms with van der Waals surface area (Å²) in [7, 11) is 3.48. The Morgan fingerprint density at radius 2 is 1.60 bits per heavy atom. The zero-order valence-corrected chi connectivity index (χ0v) is 15.8.